The lowest BCUT2D eigenvalue weighted by Gasteiger charge is -2.42. The summed E-state index contributed by atoms with van der Waals surface area (Å²) in [5, 5.41) is 8.91. The van der Waals surface area contributed by atoms with E-state index in [9.17, 15) is 18.0 Å². The number of rotatable bonds is 5. The van der Waals surface area contributed by atoms with Gasteiger partial charge in [0.25, 0.3) is 0 Å². The Morgan fingerprint density at radius 2 is 2.12 bits per heavy atom. The third-order valence-corrected chi connectivity index (χ3v) is 4.49. The molecule has 2 atom stereocenters. The number of alkyl halides is 3. The van der Waals surface area contributed by atoms with E-state index in [0.717, 1.165) is 18.7 Å². The van der Waals surface area contributed by atoms with Crippen molar-refractivity contribution in [3.8, 4) is 0 Å². The molecule has 1 aliphatic rings. The molecule has 8 heteroatoms. The fourth-order valence-electron chi connectivity index (χ4n) is 3.24. The maximum absolute atomic E-state index is 12.6. The molecule has 1 saturated heterocycles. The summed E-state index contributed by atoms with van der Waals surface area (Å²) in [6, 6.07) is 2.68. The van der Waals surface area contributed by atoms with Crippen molar-refractivity contribution in [2.24, 2.45) is 5.92 Å². The van der Waals surface area contributed by atoms with Gasteiger partial charge in [-0.15, -0.1) is 0 Å². The number of hydrogen-bond donors (Lipinski definition) is 1. The van der Waals surface area contributed by atoms with Crippen LogP contribution in [-0.4, -0.2) is 54.2 Å². The van der Waals surface area contributed by atoms with E-state index in [4.69, 9.17) is 5.11 Å². The average Bonchev–Trinajstić information content (AvgIpc) is 2.51. The Kier molecular flexibility index (Phi) is 5.69. The van der Waals surface area contributed by atoms with E-state index in [0.29, 0.717) is 25.3 Å². The third-order valence-electron chi connectivity index (χ3n) is 4.49. The number of aliphatic carboxylic acids is 1. The fraction of sp³-hybridized carbons (Fsp3) is 0.625. The Morgan fingerprint density at radius 3 is 2.62 bits per heavy atom. The van der Waals surface area contributed by atoms with Gasteiger partial charge in [-0.2, -0.15) is 13.2 Å². The van der Waals surface area contributed by atoms with Gasteiger partial charge in [0.2, 0.25) is 0 Å². The van der Waals surface area contributed by atoms with E-state index in [2.05, 4.69) is 9.88 Å². The molecule has 0 spiro atoms. The summed E-state index contributed by atoms with van der Waals surface area (Å²) in [7, 11) is 3.93. The molecule has 5 nitrogen and oxygen atoms in total. The van der Waals surface area contributed by atoms with Crippen LogP contribution in [0.1, 0.15) is 24.8 Å². The SMILES string of the molecule is CN(C)C1CCN(c2ccc(C(F)(F)F)cn2)CC1CCC(=O)O. The molecule has 0 aromatic carbocycles. The first-order valence-corrected chi connectivity index (χ1v) is 7.85. The summed E-state index contributed by atoms with van der Waals surface area (Å²) >= 11 is 0. The summed E-state index contributed by atoms with van der Waals surface area (Å²) in [5.41, 5.74) is -0.767. The van der Waals surface area contributed by atoms with Crippen molar-refractivity contribution in [1.82, 2.24) is 9.88 Å². The summed E-state index contributed by atoms with van der Waals surface area (Å²) in [4.78, 5) is 18.8. The smallest absolute Gasteiger partial charge is 0.417 e. The highest BCUT2D eigenvalue weighted by atomic mass is 19.4. The molecule has 1 fully saturated rings. The zero-order valence-electron chi connectivity index (χ0n) is 13.8. The number of carboxylic acid groups (broad SMARTS) is 1. The molecule has 0 amide bonds. The monoisotopic (exact) mass is 345 g/mol. The first kappa shape index (κ1) is 18.5. The Hall–Kier alpha value is -1.83. The second-order valence-electron chi connectivity index (χ2n) is 6.36. The molecule has 0 saturated carbocycles. The van der Waals surface area contributed by atoms with Gasteiger partial charge in [-0.05, 0) is 45.0 Å². The normalized spacial score (nSPS) is 22.0. The largest absolute Gasteiger partial charge is 0.481 e. The number of piperidine rings is 1. The zero-order chi connectivity index (χ0) is 17.9. The zero-order valence-corrected chi connectivity index (χ0v) is 13.8. The van der Waals surface area contributed by atoms with Crippen LogP contribution in [0.4, 0.5) is 19.0 Å². The molecule has 2 heterocycles. The fourth-order valence-corrected chi connectivity index (χ4v) is 3.24. The maximum Gasteiger partial charge on any atom is 0.417 e. The van der Waals surface area contributed by atoms with E-state index in [1.807, 2.05) is 19.0 Å². The standard InChI is InChI=1S/C16H22F3N3O2/c1-21(2)13-7-8-22(10-11(13)3-6-15(23)24)14-5-4-12(9-20-14)16(17,18)19/h4-5,9,11,13H,3,6-8,10H2,1-2H3,(H,23,24). The molecule has 24 heavy (non-hydrogen) atoms. The first-order valence-electron chi connectivity index (χ1n) is 7.85. The summed E-state index contributed by atoms with van der Waals surface area (Å²) in [6.07, 6.45) is -2.11. The number of carboxylic acids is 1. The summed E-state index contributed by atoms with van der Waals surface area (Å²) in [5.74, 6) is -0.202. The van der Waals surface area contributed by atoms with Gasteiger partial charge in [0.05, 0.1) is 5.56 Å². The predicted octanol–water partition coefficient (Wildman–Crippen LogP) is 2.72. The van der Waals surface area contributed by atoms with Crippen LogP contribution >= 0.6 is 0 Å². The van der Waals surface area contributed by atoms with Crippen LogP contribution < -0.4 is 4.90 Å². The van der Waals surface area contributed by atoms with E-state index in [-0.39, 0.29) is 18.4 Å². The number of aromatic nitrogens is 1. The molecule has 0 radical (unpaired) electrons. The Morgan fingerprint density at radius 1 is 1.42 bits per heavy atom. The highest BCUT2D eigenvalue weighted by Gasteiger charge is 2.33. The molecule has 0 aliphatic carbocycles. The van der Waals surface area contributed by atoms with Crippen LogP contribution in [0.5, 0.6) is 0 Å². The molecular weight excluding hydrogens is 323 g/mol. The number of anilines is 1. The van der Waals surface area contributed by atoms with Gasteiger partial charge < -0.3 is 14.9 Å². The van der Waals surface area contributed by atoms with E-state index in [1.165, 1.54) is 6.07 Å². The molecular formula is C16H22F3N3O2. The van der Waals surface area contributed by atoms with Crippen molar-refractivity contribution >= 4 is 11.8 Å². The Labute approximate surface area is 139 Å². The van der Waals surface area contributed by atoms with Crippen LogP contribution in [0.25, 0.3) is 0 Å². The molecule has 2 unspecified atom stereocenters. The van der Waals surface area contributed by atoms with Crippen LogP contribution in [0.15, 0.2) is 18.3 Å². The van der Waals surface area contributed by atoms with E-state index >= 15 is 0 Å². The number of pyridine rings is 1. The topological polar surface area (TPSA) is 56.7 Å². The number of hydrogen-bond acceptors (Lipinski definition) is 4. The summed E-state index contributed by atoms with van der Waals surface area (Å²) < 4.78 is 37.9. The second-order valence-corrected chi connectivity index (χ2v) is 6.36. The number of halogens is 3. The van der Waals surface area contributed by atoms with Crippen molar-refractivity contribution in [2.45, 2.75) is 31.5 Å². The van der Waals surface area contributed by atoms with Crippen molar-refractivity contribution in [3.63, 3.8) is 0 Å². The average molecular weight is 345 g/mol. The molecule has 134 valence electrons. The third kappa shape index (κ3) is 4.59. The second kappa shape index (κ2) is 7.38. The highest BCUT2D eigenvalue weighted by Crippen LogP contribution is 2.31. The van der Waals surface area contributed by atoms with Gasteiger partial charge in [0, 0.05) is 31.7 Å². The van der Waals surface area contributed by atoms with Gasteiger partial charge in [0.15, 0.2) is 0 Å². The van der Waals surface area contributed by atoms with Gasteiger partial charge in [-0.1, -0.05) is 0 Å². The molecule has 2 rings (SSSR count). The first-order chi connectivity index (χ1) is 11.2. The molecule has 1 aromatic heterocycles. The van der Waals surface area contributed by atoms with Crippen LogP contribution in [0, 0.1) is 5.92 Å². The molecule has 1 aromatic rings. The van der Waals surface area contributed by atoms with E-state index in [1.54, 1.807) is 0 Å². The Bertz CT molecular complexity index is 561. The lowest BCUT2D eigenvalue weighted by atomic mass is 9.87. The van der Waals surface area contributed by atoms with Crippen molar-refractivity contribution in [2.75, 3.05) is 32.1 Å². The minimum absolute atomic E-state index is 0.0866. The van der Waals surface area contributed by atoms with Gasteiger partial charge >= 0.3 is 12.1 Å². The maximum atomic E-state index is 12.6. The minimum Gasteiger partial charge on any atom is -0.481 e. The van der Waals surface area contributed by atoms with Crippen molar-refractivity contribution in [1.29, 1.82) is 0 Å². The summed E-state index contributed by atoms with van der Waals surface area (Å²) in [6.45, 7) is 1.28. The van der Waals surface area contributed by atoms with Crippen LogP contribution in [0.3, 0.4) is 0 Å². The van der Waals surface area contributed by atoms with Crippen molar-refractivity contribution in [3.05, 3.63) is 23.9 Å². The number of carbonyl (C=O) groups is 1. The van der Waals surface area contributed by atoms with E-state index < -0.39 is 17.7 Å². The minimum atomic E-state index is -4.40. The predicted molar refractivity (Wildman–Crippen MR) is 83.9 cm³/mol. The number of nitrogens with zero attached hydrogens (tertiary/aromatic N) is 3. The van der Waals surface area contributed by atoms with Gasteiger partial charge in [-0.3, -0.25) is 4.79 Å². The molecule has 0 bridgehead atoms. The molecule has 1 aliphatic heterocycles. The van der Waals surface area contributed by atoms with Crippen LogP contribution in [0.2, 0.25) is 0 Å². The van der Waals surface area contributed by atoms with Gasteiger partial charge in [0.1, 0.15) is 5.82 Å². The lowest BCUT2D eigenvalue weighted by molar-refractivity contribution is -0.138. The Balaban J connectivity index is 2.10. The highest BCUT2D eigenvalue weighted by molar-refractivity contribution is 5.66. The van der Waals surface area contributed by atoms with Gasteiger partial charge in [-0.25, -0.2) is 4.98 Å². The molecule has 1 N–H and O–H groups in total. The quantitative estimate of drug-likeness (QED) is 0.889. The van der Waals surface area contributed by atoms with Crippen molar-refractivity contribution < 1.29 is 23.1 Å². The lowest BCUT2D eigenvalue weighted by Crippen LogP contribution is -2.49. The van der Waals surface area contributed by atoms with Crippen LogP contribution in [-0.2, 0) is 11.0 Å².